The van der Waals surface area contributed by atoms with Gasteiger partial charge in [-0.2, -0.15) is 0 Å². The number of pyridine rings is 1. The molecule has 1 aliphatic heterocycles. The van der Waals surface area contributed by atoms with Crippen LogP contribution in [0.2, 0.25) is 5.15 Å². The van der Waals surface area contributed by atoms with Crippen molar-refractivity contribution in [3.63, 3.8) is 0 Å². The van der Waals surface area contributed by atoms with E-state index in [2.05, 4.69) is 14.9 Å². The van der Waals surface area contributed by atoms with E-state index in [1.165, 1.54) is 0 Å². The van der Waals surface area contributed by atoms with Crippen LogP contribution in [-0.2, 0) is 11.3 Å². The maximum atomic E-state index is 5.97. The zero-order chi connectivity index (χ0) is 14.5. The van der Waals surface area contributed by atoms with Gasteiger partial charge in [-0.15, -0.1) is 11.3 Å². The Morgan fingerprint density at radius 2 is 2.38 bits per heavy atom. The molecular formula is C14H16ClN3O2S. The Kier molecular flexibility index (Phi) is 5.03. The Morgan fingerprint density at radius 1 is 1.43 bits per heavy atom. The van der Waals surface area contributed by atoms with Crippen LogP contribution in [0.1, 0.15) is 5.01 Å². The minimum absolute atomic E-state index is 0.0370. The number of hydrogen-bond donors (Lipinski definition) is 0. The van der Waals surface area contributed by atoms with E-state index in [4.69, 9.17) is 21.1 Å². The molecule has 7 heteroatoms. The Hall–Kier alpha value is -1.21. The van der Waals surface area contributed by atoms with Crippen molar-refractivity contribution in [2.24, 2.45) is 0 Å². The Balaban J connectivity index is 1.51. The lowest BCUT2D eigenvalue weighted by Gasteiger charge is -2.32. The lowest BCUT2D eigenvalue weighted by Crippen LogP contribution is -2.44. The number of thiazole rings is 1. The van der Waals surface area contributed by atoms with Crippen LogP contribution in [0, 0.1) is 0 Å². The van der Waals surface area contributed by atoms with Crippen molar-refractivity contribution in [3.05, 3.63) is 40.1 Å². The van der Waals surface area contributed by atoms with Gasteiger partial charge in [-0.05, 0) is 12.1 Å². The maximum absolute atomic E-state index is 5.97. The van der Waals surface area contributed by atoms with Gasteiger partial charge in [0.25, 0.3) is 0 Å². The highest BCUT2D eigenvalue weighted by molar-refractivity contribution is 7.09. The molecule has 0 radical (unpaired) electrons. The van der Waals surface area contributed by atoms with E-state index in [0.29, 0.717) is 24.1 Å². The molecule has 0 N–H and O–H groups in total. The molecule has 112 valence electrons. The SMILES string of the molecule is Clc1ncccc1OCC1CN(Cc2nccs2)CCO1. The first kappa shape index (κ1) is 14.7. The topological polar surface area (TPSA) is 47.5 Å². The third-order valence-corrected chi connectivity index (χ3v) is 4.26. The molecule has 21 heavy (non-hydrogen) atoms. The highest BCUT2D eigenvalue weighted by atomic mass is 35.5. The lowest BCUT2D eigenvalue weighted by atomic mass is 10.3. The van der Waals surface area contributed by atoms with Crippen molar-refractivity contribution in [2.45, 2.75) is 12.6 Å². The first-order valence-electron chi connectivity index (χ1n) is 6.77. The molecule has 2 aromatic rings. The predicted octanol–water partition coefficient (Wildman–Crippen LogP) is 2.47. The van der Waals surface area contributed by atoms with Gasteiger partial charge >= 0.3 is 0 Å². The Labute approximate surface area is 132 Å². The summed E-state index contributed by atoms with van der Waals surface area (Å²) in [7, 11) is 0. The Bertz CT molecular complexity index is 567. The minimum Gasteiger partial charge on any atom is -0.488 e. The van der Waals surface area contributed by atoms with E-state index in [9.17, 15) is 0 Å². The molecule has 1 aliphatic rings. The molecule has 3 rings (SSSR count). The number of aromatic nitrogens is 2. The van der Waals surface area contributed by atoms with E-state index in [1.54, 1.807) is 23.6 Å². The molecule has 1 unspecified atom stereocenters. The molecule has 3 heterocycles. The first-order valence-corrected chi connectivity index (χ1v) is 8.02. The maximum Gasteiger partial charge on any atom is 0.171 e. The van der Waals surface area contributed by atoms with Crippen molar-refractivity contribution < 1.29 is 9.47 Å². The number of nitrogens with zero attached hydrogens (tertiary/aromatic N) is 3. The largest absolute Gasteiger partial charge is 0.488 e. The molecule has 2 aromatic heterocycles. The molecule has 1 saturated heterocycles. The fraction of sp³-hybridized carbons (Fsp3) is 0.429. The number of hydrogen-bond acceptors (Lipinski definition) is 6. The Morgan fingerprint density at radius 3 is 3.19 bits per heavy atom. The third-order valence-electron chi connectivity index (χ3n) is 3.21. The molecule has 0 aromatic carbocycles. The summed E-state index contributed by atoms with van der Waals surface area (Å²) in [6, 6.07) is 3.61. The minimum atomic E-state index is 0.0370. The van der Waals surface area contributed by atoms with E-state index in [0.717, 1.165) is 24.6 Å². The van der Waals surface area contributed by atoms with Crippen LogP contribution in [0.25, 0.3) is 0 Å². The molecule has 0 aliphatic carbocycles. The fourth-order valence-corrected chi connectivity index (χ4v) is 3.04. The summed E-state index contributed by atoms with van der Waals surface area (Å²) in [5.41, 5.74) is 0. The molecule has 0 bridgehead atoms. The van der Waals surface area contributed by atoms with Crippen molar-refractivity contribution in [3.8, 4) is 5.75 Å². The van der Waals surface area contributed by atoms with Gasteiger partial charge < -0.3 is 9.47 Å². The van der Waals surface area contributed by atoms with Crippen LogP contribution in [0.3, 0.4) is 0 Å². The summed E-state index contributed by atoms with van der Waals surface area (Å²) in [5, 5.41) is 3.51. The van der Waals surface area contributed by atoms with Gasteiger partial charge in [0.1, 0.15) is 17.7 Å². The van der Waals surface area contributed by atoms with Crippen molar-refractivity contribution in [1.82, 2.24) is 14.9 Å². The number of ether oxygens (including phenoxy) is 2. The summed E-state index contributed by atoms with van der Waals surface area (Å²) >= 11 is 7.65. The van der Waals surface area contributed by atoms with E-state index in [1.807, 2.05) is 17.6 Å². The van der Waals surface area contributed by atoms with Crippen LogP contribution in [0.4, 0.5) is 0 Å². The molecule has 0 amide bonds. The second-order valence-corrected chi connectivity index (χ2v) is 6.09. The van der Waals surface area contributed by atoms with Gasteiger partial charge in [0.15, 0.2) is 10.9 Å². The van der Waals surface area contributed by atoms with Crippen LogP contribution in [0.15, 0.2) is 29.9 Å². The zero-order valence-electron chi connectivity index (χ0n) is 11.4. The number of rotatable bonds is 5. The van der Waals surface area contributed by atoms with Crippen molar-refractivity contribution in [2.75, 3.05) is 26.3 Å². The highest BCUT2D eigenvalue weighted by Gasteiger charge is 2.22. The van der Waals surface area contributed by atoms with Gasteiger partial charge in [0.2, 0.25) is 0 Å². The normalized spacial score (nSPS) is 19.6. The van der Waals surface area contributed by atoms with Crippen LogP contribution >= 0.6 is 22.9 Å². The van der Waals surface area contributed by atoms with Crippen LogP contribution in [-0.4, -0.2) is 47.3 Å². The zero-order valence-corrected chi connectivity index (χ0v) is 13.0. The molecule has 1 atom stereocenters. The van der Waals surface area contributed by atoms with E-state index >= 15 is 0 Å². The highest BCUT2D eigenvalue weighted by Crippen LogP contribution is 2.21. The standard InChI is InChI=1S/C14H16ClN3O2S/c15-14-12(2-1-3-17-14)20-10-11-8-18(5-6-19-11)9-13-16-4-7-21-13/h1-4,7,11H,5-6,8-10H2. The lowest BCUT2D eigenvalue weighted by molar-refractivity contribution is -0.0504. The summed E-state index contributed by atoms with van der Waals surface area (Å²) < 4.78 is 11.4. The third kappa shape index (κ3) is 4.14. The molecule has 0 saturated carbocycles. The second-order valence-electron chi connectivity index (χ2n) is 4.76. The summed E-state index contributed by atoms with van der Waals surface area (Å²) in [5.74, 6) is 0.597. The second kappa shape index (κ2) is 7.17. The number of halogens is 1. The molecule has 5 nitrogen and oxygen atoms in total. The van der Waals surface area contributed by atoms with Gasteiger partial charge in [-0.3, -0.25) is 4.90 Å². The smallest absolute Gasteiger partial charge is 0.171 e. The average Bonchev–Trinajstić information content (AvgIpc) is 3.00. The predicted molar refractivity (Wildman–Crippen MR) is 81.9 cm³/mol. The quantitative estimate of drug-likeness (QED) is 0.790. The average molecular weight is 326 g/mol. The van der Waals surface area contributed by atoms with Crippen LogP contribution < -0.4 is 4.74 Å². The first-order chi connectivity index (χ1) is 10.3. The molecular weight excluding hydrogens is 310 g/mol. The monoisotopic (exact) mass is 325 g/mol. The summed E-state index contributed by atoms with van der Waals surface area (Å²) in [4.78, 5) is 10.6. The van der Waals surface area contributed by atoms with Crippen LogP contribution in [0.5, 0.6) is 5.75 Å². The van der Waals surface area contributed by atoms with Gasteiger partial charge in [0, 0.05) is 30.9 Å². The van der Waals surface area contributed by atoms with Crippen molar-refractivity contribution >= 4 is 22.9 Å². The van der Waals surface area contributed by atoms with Gasteiger partial charge in [0.05, 0.1) is 13.2 Å². The summed E-state index contributed by atoms with van der Waals surface area (Å²) in [6.45, 7) is 3.80. The molecule has 1 fully saturated rings. The van der Waals surface area contributed by atoms with Crippen molar-refractivity contribution in [1.29, 1.82) is 0 Å². The van der Waals surface area contributed by atoms with E-state index < -0.39 is 0 Å². The summed E-state index contributed by atoms with van der Waals surface area (Å²) in [6.07, 6.45) is 3.52. The number of morpholine rings is 1. The fourth-order valence-electron chi connectivity index (χ4n) is 2.21. The van der Waals surface area contributed by atoms with E-state index in [-0.39, 0.29) is 6.10 Å². The van der Waals surface area contributed by atoms with Gasteiger partial charge in [-0.25, -0.2) is 9.97 Å². The van der Waals surface area contributed by atoms with Gasteiger partial charge in [-0.1, -0.05) is 11.6 Å². The molecule has 0 spiro atoms.